The molecule has 0 radical (unpaired) electrons. The van der Waals surface area contributed by atoms with Crippen molar-refractivity contribution in [3.63, 3.8) is 0 Å². The highest BCUT2D eigenvalue weighted by molar-refractivity contribution is 5.69. The van der Waals surface area contributed by atoms with E-state index < -0.39 is 5.60 Å². The van der Waals surface area contributed by atoms with Gasteiger partial charge in [0.15, 0.2) is 0 Å². The third-order valence-corrected chi connectivity index (χ3v) is 5.63. The Labute approximate surface area is 200 Å². The lowest BCUT2D eigenvalue weighted by molar-refractivity contribution is 0.0240. The predicted molar refractivity (Wildman–Crippen MR) is 133 cm³/mol. The number of benzene rings is 2. The quantitative estimate of drug-likeness (QED) is 0.545. The van der Waals surface area contributed by atoms with Gasteiger partial charge in [0.25, 0.3) is 0 Å². The van der Waals surface area contributed by atoms with Crippen LogP contribution in [0.1, 0.15) is 32.1 Å². The lowest BCUT2D eigenvalue weighted by Crippen LogP contribution is -2.50. The van der Waals surface area contributed by atoms with E-state index in [0.717, 1.165) is 41.4 Å². The summed E-state index contributed by atoms with van der Waals surface area (Å²) in [5.41, 5.74) is 4.32. The first-order valence-corrected chi connectivity index (χ1v) is 11.5. The second-order valence-corrected chi connectivity index (χ2v) is 9.35. The van der Waals surface area contributed by atoms with Crippen molar-refractivity contribution >= 4 is 17.5 Å². The Kier molecular flexibility index (Phi) is 6.78. The summed E-state index contributed by atoms with van der Waals surface area (Å²) in [7, 11) is 0. The Morgan fingerprint density at radius 3 is 2.32 bits per heavy atom. The summed E-state index contributed by atoms with van der Waals surface area (Å²) in [5, 5.41) is 12.3. The Balaban J connectivity index is 1.27. The molecular weight excluding hydrogens is 428 g/mol. The number of furan rings is 1. The smallest absolute Gasteiger partial charge is 0.410 e. The molecule has 0 aliphatic carbocycles. The van der Waals surface area contributed by atoms with Crippen LogP contribution in [0, 0.1) is 11.3 Å². The third kappa shape index (κ3) is 5.90. The van der Waals surface area contributed by atoms with Crippen LogP contribution in [-0.2, 0) is 11.3 Å². The molecule has 2 aromatic carbocycles. The standard InChI is InChI=1S/C27H30N4O3/c1-27(2,3)34-26(32)31-14-12-30(13-15-31)24-10-8-23(9-11-24)29-18-25-16-22(19-33-25)21-6-4-20(17-28)5-7-21/h4-11,16,19,29H,12-15,18H2,1-3H3. The average Bonchev–Trinajstić information content (AvgIpc) is 3.31. The molecule has 1 aliphatic heterocycles. The van der Waals surface area contributed by atoms with Crippen LogP contribution in [0.25, 0.3) is 11.1 Å². The zero-order valence-corrected chi connectivity index (χ0v) is 19.9. The lowest BCUT2D eigenvalue weighted by atomic mass is 10.1. The van der Waals surface area contributed by atoms with Crippen molar-refractivity contribution in [3.8, 4) is 17.2 Å². The van der Waals surface area contributed by atoms with E-state index in [4.69, 9.17) is 14.4 Å². The van der Waals surface area contributed by atoms with E-state index in [9.17, 15) is 4.79 Å². The van der Waals surface area contributed by atoms with Crippen LogP contribution in [0.4, 0.5) is 16.2 Å². The Bertz CT molecular complexity index is 1150. The van der Waals surface area contributed by atoms with Gasteiger partial charge in [-0.25, -0.2) is 4.79 Å². The lowest BCUT2D eigenvalue weighted by Gasteiger charge is -2.36. The molecule has 1 saturated heterocycles. The Morgan fingerprint density at radius 1 is 1.03 bits per heavy atom. The van der Waals surface area contributed by atoms with Crippen molar-refractivity contribution < 1.29 is 13.9 Å². The molecule has 1 N–H and O–H groups in total. The van der Waals surface area contributed by atoms with Gasteiger partial charge in [-0.3, -0.25) is 0 Å². The minimum atomic E-state index is -0.474. The number of nitrogens with one attached hydrogen (secondary N) is 1. The number of anilines is 2. The van der Waals surface area contributed by atoms with Crippen LogP contribution in [0.3, 0.4) is 0 Å². The van der Waals surface area contributed by atoms with Crippen LogP contribution in [-0.4, -0.2) is 42.8 Å². The molecule has 7 nitrogen and oxygen atoms in total. The second kappa shape index (κ2) is 9.92. The van der Waals surface area contributed by atoms with Gasteiger partial charge in [-0.2, -0.15) is 5.26 Å². The maximum atomic E-state index is 12.3. The molecule has 0 spiro atoms. The summed E-state index contributed by atoms with van der Waals surface area (Å²) in [4.78, 5) is 16.3. The third-order valence-electron chi connectivity index (χ3n) is 5.63. The number of rotatable bonds is 5. The molecule has 0 saturated carbocycles. The highest BCUT2D eigenvalue weighted by Gasteiger charge is 2.25. The van der Waals surface area contributed by atoms with Crippen molar-refractivity contribution in [3.05, 3.63) is 72.2 Å². The van der Waals surface area contributed by atoms with E-state index in [2.05, 4.69) is 40.6 Å². The number of nitriles is 1. The van der Waals surface area contributed by atoms with E-state index in [-0.39, 0.29) is 6.09 Å². The first kappa shape index (κ1) is 23.2. The Morgan fingerprint density at radius 2 is 1.71 bits per heavy atom. The molecule has 2 heterocycles. The molecule has 0 bridgehead atoms. The van der Waals surface area contributed by atoms with E-state index in [1.54, 1.807) is 23.3 Å². The van der Waals surface area contributed by atoms with Crippen molar-refractivity contribution in [1.82, 2.24) is 4.90 Å². The molecule has 3 aromatic rings. The molecule has 1 fully saturated rings. The van der Waals surface area contributed by atoms with Crippen molar-refractivity contribution in [2.24, 2.45) is 0 Å². The van der Waals surface area contributed by atoms with Crippen LogP contribution in [0.5, 0.6) is 0 Å². The molecule has 7 heteroatoms. The van der Waals surface area contributed by atoms with Crippen LogP contribution >= 0.6 is 0 Å². The first-order chi connectivity index (χ1) is 16.3. The van der Waals surface area contributed by atoms with Gasteiger partial charge in [-0.15, -0.1) is 0 Å². The number of amides is 1. The van der Waals surface area contributed by atoms with Gasteiger partial charge >= 0.3 is 6.09 Å². The van der Waals surface area contributed by atoms with E-state index in [1.165, 1.54) is 0 Å². The molecule has 1 amide bonds. The largest absolute Gasteiger partial charge is 0.467 e. The normalized spacial score (nSPS) is 13.9. The number of piperazine rings is 1. The summed E-state index contributed by atoms with van der Waals surface area (Å²) in [5.74, 6) is 0.835. The fourth-order valence-electron chi connectivity index (χ4n) is 3.81. The second-order valence-electron chi connectivity index (χ2n) is 9.35. The van der Waals surface area contributed by atoms with Crippen LogP contribution < -0.4 is 10.2 Å². The fraction of sp³-hybridized carbons (Fsp3) is 0.333. The van der Waals surface area contributed by atoms with Crippen molar-refractivity contribution in [2.75, 3.05) is 36.4 Å². The summed E-state index contributed by atoms with van der Waals surface area (Å²) in [6.07, 6.45) is 1.49. The monoisotopic (exact) mass is 458 g/mol. The van der Waals surface area contributed by atoms with Gasteiger partial charge < -0.3 is 24.3 Å². The highest BCUT2D eigenvalue weighted by Crippen LogP contribution is 2.24. The summed E-state index contributed by atoms with van der Waals surface area (Å²) in [6.45, 7) is 9.08. The van der Waals surface area contributed by atoms with Gasteiger partial charge in [-0.1, -0.05) is 12.1 Å². The SMILES string of the molecule is CC(C)(C)OC(=O)N1CCN(c2ccc(NCc3cc(-c4ccc(C#N)cc4)co3)cc2)CC1. The summed E-state index contributed by atoms with van der Waals surface area (Å²) in [6, 6.07) is 19.9. The van der Waals surface area contributed by atoms with Crippen molar-refractivity contribution in [1.29, 1.82) is 5.26 Å². The number of hydrogen-bond donors (Lipinski definition) is 1. The molecule has 176 valence electrons. The molecule has 34 heavy (non-hydrogen) atoms. The van der Waals surface area contributed by atoms with E-state index >= 15 is 0 Å². The number of ether oxygens (including phenoxy) is 1. The Hall–Kier alpha value is -3.92. The molecule has 0 unspecified atom stereocenters. The number of hydrogen-bond acceptors (Lipinski definition) is 6. The van der Waals surface area contributed by atoms with Gasteiger partial charge in [-0.05, 0) is 68.8 Å². The molecule has 1 aromatic heterocycles. The number of carbonyl (C=O) groups is 1. The van der Waals surface area contributed by atoms with Crippen molar-refractivity contribution in [2.45, 2.75) is 32.9 Å². The zero-order chi connectivity index (χ0) is 24.1. The highest BCUT2D eigenvalue weighted by atomic mass is 16.6. The fourth-order valence-corrected chi connectivity index (χ4v) is 3.81. The minimum absolute atomic E-state index is 0.244. The zero-order valence-electron chi connectivity index (χ0n) is 19.9. The summed E-state index contributed by atoms with van der Waals surface area (Å²) >= 11 is 0. The van der Waals surface area contributed by atoms with Gasteiger partial charge in [0.2, 0.25) is 0 Å². The molecule has 0 atom stereocenters. The predicted octanol–water partition coefficient (Wildman–Crippen LogP) is 5.49. The molecule has 1 aliphatic rings. The first-order valence-electron chi connectivity index (χ1n) is 11.5. The van der Waals surface area contributed by atoms with Gasteiger partial charge in [0, 0.05) is 43.1 Å². The van der Waals surface area contributed by atoms with Crippen LogP contribution in [0.15, 0.2) is 65.3 Å². The maximum absolute atomic E-state index is 12.3. The van der Waals surface area contributed by atoms with Crippen LogP contribution in [0.2, 0.25) is 0 Å². The van der Waals surface area contributed by atoms with Gasteiger partial charge in [0.1, 0.15) is 11.4 Å². The summed E-state index contributed by atoms with van der Waals surface area (Å²) < 4.78 is 11.2. The number of nitrogens with zero attached hydrogens (tertiary/aromatic N) is 3. The van der Waals surface area contributed by atoms with E-state index in [0.29, 0.717) is 25.2 Å². The average molecular weight is 459 g/mol. The minimum Gasteiger partial charge on any atom is -0.467 e. The molecule has 4 rings (SSSR count). The topological polar surface area (TPSA) is 81.7 Å². The van der Waals surface area contributed by atoms with Gasteiger partial charge in [0.05, 0.1) is 24.4 Å². The molecular formula is C27H30N4O3. The maximum Gasteiger partial charge on any atom is 0.410 e. The van der Waals surface area contributed by atoms with E-state index in [1.807, 2.05) is 39.0 Å². The number of carbonyl (C=O) groups excluding carboxylic acids is 1.